The lowest BCUT2D eigenvalue weighted by Crippen LogP contribution is -2.49. The van der Waals surface area contributed by atoms with E-state index >= 15 is 0 Å². The molecular weight excluding hydrogens is 353 g/mol. The highest BCUT2D eigenvalue weighted by Gasteiger charge is 2.41. The van der Waals surface area contributed by atoms with Crippen LogP contribution in [0.4, 0.5) is 0 Å². The Morgan fingerprint density at radius 3 is 2.74 bits per heavy atom. The third-order valence-corrected chi connectivity index (χ3v) is 4.96. The number of alkyl halides is 1. The molecule has 0 radical (unpaired) electrons. The molecule has 0 fully saturated rings. The van der Waals surface area contributed by atoms with Crippen molar-refractivity contribution >= 4 is 39.3 Å². The van der Waals surface area contributed by atoms with Crippen molar-refractivity contribution < 1.29 is 9.90 Å². The summed E-state index contributed by atoms with van der Waals surface area (Å²) < 4.78 is -1.07. The Labute approximate surface area is 125 Å². The van der Waals surface area contributed by atoms with Gasteiger partial charge in [-0.2, -0.15) is 0 Å². The van der Waals surface area contributed by atoms with Crippen LogP contribution in [0, 0.1) is 0 Å². The van der Waals surface area contributed by atoms with E-state index in [9.17, 15) is 9.90 Å². The summed E-state index contributed by atoms with van der Waals surface area (Å²) in [5.41, 5.74) is 2.05. The molecule has 0 saturated heterocycles. The molecule has 19 heavy (non-hydrogen) atoms. The van der Waals surface area contributed by atoms with Crippen LogP contribution in [-0.2, 0) is 14.8 Å². The largest absolute Gasteiger partial charge is 0.373 e. The zero-order chi connectivity index (χ0) is 13.6. The van der Waals surface area contributed by atoms with Gasteiger partial charge in [0, 0.05) is 12.5 Å². The number of rotatable bonds is 1. The van der Waals surface area contributed by atoms with Crippen molar-refractivity contribution in [2.45, 2.75) is 23.0 Å². The summed E-state index contributed by atoms with van der Waals surface area (Å²) in [5, 5.41) is 15.9. The lowest BCUT2D eigenvalue weighted by atomic mass is 9.83. The Bertz CT molecular complexity index is 661. The van der Waals surface area contributed by atoms with E-state index in [1.807, 2.05) is 52.9 Å². The van der Waals surface area contributed by atoms with Crippen LogP contribution < -0.4 is 5.32 Å². The minimum atomic E-state index is -1.07. The molecule has 0 aliphatic heterocycles. The standard InChI is InChI=1S/C15H14INO2/c1-9(18)17-13-8-11-6-2-4-10-5-3-7-12(14(10)11)15(13,16)19/h2-7,13,19H,8H2,1H3,(H,17,18). The second kappa shape index (κ2) is 4.45. The highest BCUT2D eigenvalue weighted by molar-refractivity contribution is 14.1. The monoisotopic (exact) mass is 367 g/mol. The molecule has 2 N–H and O–H groups in total. The van der Waals surface area contributed by atoms with E-state index in [0.717, 1.165) is 16.3 Å². The first-order chi connectivity index (χ1) is 9.00. The quantitative estimate of drug-likeness (QED) is 0.601. The average molecular weight is 367 g/mol. The molecule has 2 aromatic carbocycles. The van der Waals surface area contributed by atoms with E-state index in [2.05, 4.69) is 11.4 Å². The molecule has 1 amide bonds. The Hall–Kier alpha value is -1.14. The molecule has 3 rings (SSSR count). The van der Waals surface area contributed by atoms with Gasteiger partial charge in [0.15, 0.2) is 3.61 Å². The molecule has 3 nitrogen and oxygen atoms in total. The highest BCUT2D eigenvalue weighted by atomic mass is 127. The molecule has 4 heteroatoms. The van der Waals surface area contributed by atoms with Gasteiger partial charge < -0.3 is 10.4 Å². The molecule has 98 valence electrons. The van der Waals surface area contributed by atoms with Gasteiger partial charge in [-0.3, -0.25) is 4.79 Å². The van der Waals surface area contributed by atoms with Crippen LogP contribution in [0.25, 0.3) is 10.8 Å². The number of benzene rings is 2. The number of aliphatic hydroxyl groups is 1. The van der Waals surface area contributed by atoms with E-state index < -0.39 is 3.61 Å². The molecule has 0 aromatic heterocycles. The second-order valence-corrected chi connectivity index (χ2v) is 6.60. The molecule has 2 atom stereocenters. The van der Waals surface area contributed by atoms with Crippen LogP contribution in [0.15, 0.2) is 36.4 Å². The number of amides is 1. The van der Waals surface area contributed by atoms with Crippen LogP contribution in [0.2, 0.25) is 0 Å². The fourth-order valence-corrected chi connectivity index (χ4v) is 3.64. The van der Waals surface area contributed by atoms with Crippen LogP contribution in [-0.4, -0.2) is 17.1 Å². The van der Waals surface area contributed by atoms with E-state index in [1.54, 1.807) is 0 Å². The van der Waals surface area contributed by atoms with Gasteiger partial charge in [0.1, 0.15) is 0 Å². The van der Waals surface area contributed by atoms with E-state index in [4.69, 9.17) is 0 Å². The molecule has 0 spiro atoms. The predicted octanol–water partition coefficient (Wildman–Crippen LogP) is 2.48. The Kier molecular flexibility index (Phi) is 3.02. The molecule has 1 aliphatic carbocycles. The summed E-state index contributed by atoms with van der Waals surface area (Å²) in [4.78, 5) is 11.3. The van der Waals surface area contributed by atoms with Crippen molar-refractivity contribution in [3.63, 3.8) is 0 Å². The third kappa shape index (κ3) is 2.03. The molecule has 1 aliphatic rings. The first-order valence-electron chi connectivity index (χ1n) is 6.19. The van der Waals surface area contributed by atoms with Crippen molar-refractivity contribution in [1.29, 1.82) is 0 Å². The number of hydrogen-bond donors (Lipinski definition) is 2. The first kappa shape index (κ1) is 12.9. The summed E-state index contributed by atoms with van der Waals surface area (Å²) >= 11 is 2.03. The van der Waals surface area contributed by atoms with Gasteiger partial charge in [0.05, 0.1) is 6.04 Å². The average Bonchev–Trinajstić information content (AvgIpc) is 2.35. The fraction of sp³-hybridized carbons (Fsp3) is 0.267. The van der Waals surface area contributed by atoms with Gasteiger partial charge in [-0.1, -0.05) is 36.4 Å². The normalized spacial score (nSPS) is 25.3. The van der Waals surface area contributed by atoms with E-state index in [0.29, 0.717) is 6.42 Å². The molecule has 0 saturated carbocycles. The molecule has 2 aromatic rings. The Morgan fingerprint density at radius 1 is 1.37 bits per heavy atom. The summed E-state index contributed by atoms with van der Waals surface area (Å²) in [6.07, 6.45) is 0.646. The van der Waals surface area contributed by atoms with Crippen molar-refractivity contribution in [1.82, 2.24) is 5.32 Å². The first-order valence-corrected chi connectivity index (χ1v) is 7.27. The van der Waals surface area contributed by atoms with E-state index in [-0.39, 0.29) is 11.9 Å². The van der Waals surface area contributed by atoms with Gasteiger partial charge in [0.2, 0.25) is 5.91 Å². The Morgan fingerprint density at radius 2 is 2.05 bits per heavy atom. The lowest BCUT2D eigenvalue weighted by Gasteiger charge is -2.37. The summed E-state index contributed by atoms with van der Waals surface area (Å²) in [6.45, 7) is 1.48. The van der Waals surface area contributed by atoms with Crippen molar-refractivity contribution in [2.24, 2.45) is 0 Å². The number of halogens is 1. The Balaban J connectivity index is 2.22. The SMILES string of the molecule is CC(=O)NC1Cc2cccc3cccc(c23)C1(O)I. The van der Waals surface area contributed by atoms with Crippen molar-refractivity contribution in [2.75, 3.05) is 0 Å². The number of carbonyl (C=O) groups excluding carboxylic acids is 1. The lowest BCUT2D eigenvalue weighted by molar-refractivity contribution is -0.120. The zero-order valence-electron chi connectivity index (χ0n) is 10.5. The van der Waals surface area contributed by atoms with Gasteiger partial charge in [-0.15, -0.1) is 0 Å². The highest BCUT2D eigenvalue weighted by Crippen LogP contribution is 2.43. The van der Waals surface area contributed by atoms with Gasteiger partial charge in [-0.05, 0) is 45.3 Å². The van der Waals surface area contributed by atoms with Crippen molar-refractivity contribution in [3.05, 3.63) is 47.5 Å². The summed E-state index contributed by atoms with van der Waals surface area (Å²) in [6, 6.07) is 11.8. The van der Waals surface area contributed by atoms with Gasteiger partial charge in [-0.25, -0.2) is 0 Å². The van der Waals surface area contributed by atoms with Crippen molar-refractivity contribution in [3.8, 4) is 0 Å². The second-order valence-electron chi connectivity index (χ2n) is 4.95. The van der Waals surface area contributed by atoms with Crippen LogP contribution in [0.3, 0.4) is 0 Å². The number of nitrogens with one attached hydrogen (secondary N) is 1. The maximum absolute atomic E-state index is 11.3. The minimum absolute atomic E-state index is 0.119. The van der Waals surface area contributed by atoms with Crippen LogP contribution in [0.5, 0.6) is 0 Å². The number of hydrogen-bond acceptors (Lipinski definition) is 2. The maximum atomic E-state index is 11.3. The molecule has 0 heterocycles. The van der Waals surface area contributed by atoms with Gasteiger partial charge >= 0.3 is 0 Å². The van der Waals surface area contributed by atoms with Gasteiger partial charge in [0.25, 0.3) is 0 Å². The molecule has 0 bridgehead atoms. The minimum Gasteiger partial charge on any atom is -0.373 e. The van der Waals surface area contributed by atoms with E-state index in [1.165, 1.54) is 12.5 Å². The zero-order valence-corrected chi connectivity index (χ0v) is 12.6. The smallest absolute Gasteiger partial charge is 0.217 e. The summed E-state index contributed by atoms with van der Waals surface area (Å²) in [7, 11) is 0. The van der Waals surface area contributed by atoms with Crippen LogP contribution >= 0.6 is 22.6 Å². The number of carbonyl (C=O) groups is 1. The third-order valence-electron chi connectivity index (χ3n) is 3.63. The maximum Gasteiger partial charge on any atom is 0.217 e. The summed E-state index contributed by atoms with van der Waals surface area (Å²) in [5.74, 6) is -0.119. The molecular formula is C15H14INO2. The van der Waals surface area contributed by atoms with Crippen LogP contribution in [0.1, 0.15) is 18.1 Å². The predicted molar refractivity (Wildman–Crippen MR) is 83.2 cm³/mol. The molecule has 2 unspecified atom stereocenters. The fourth-order valence-electron chi connectivity index (χ4n) is 2.82. The topological polar surface area (TPSA) is 49.3 Å².